The van der Waals surface area contributed by atoms with Crippen LogP contribution in [0.25, 0.3) is 0 Å². The summed E-state index contributed by atoms with van der Waals surface area (Å²) < 4.78 is 18.1. The zero-order valence-electron chi connectivity index (χ0n) is 11.2. The molecule has 1 aromatic rings. The highest BCUT2D eigenvalue weighted by Gasteiger charge is 2.30. The summed E-state index contributed by atoms with van der Waals surface area (Å²) in [6.45, 7) is 3.79. The van der Waals surface area contributed by atoms with E-state index in [-0.39, 0.29) is 12.4 Å². The Morgan fingerprint density at radius 1 is 1.40 bits per heavy atom. The number of esters is 1. The first-order valence-electron chi connectivity index (χ1n) is 6.23. The minimum absolute atomic E-state index is 0.288. The number of hydrogen-bond acceptors (Lipinski definition) is 3. The Kier molecular flexibility index (Phi) is 4.34. The fraction of sp³-hybridized carbons (Fsp3) is 0.286. The summed E-state index contributed by atoms with van der Waals surface area (Å²) in [6, 6.07) is 5.49. The van der Waals surface area contributed by atoms with Gasteiger partial charge in [0.05, 0.1) is 18.2 Å². The molecule has 1 aromatic carbocycles. The van der Waals surface area contributed by atoms with Crippen LogP contribution in [0, 0.1) is 5.82 Å². The van der Waals surface area contributed by atoms with E-state index < -0.39 is 12.0 Å². The second-order valence-corrected chi connectivity index (χ2v) is 4.75. The van der Waals surface area contributed by atoms with Crippen molar-refractivity contribution in [2.24, 2.45) is 0 Å². The smallest absolute Gasteiger partial charge is 0.338 e. The molecule has 6 heteroatoms. The van der Waals surface area contributed by atoms with Gasteiger partial charge in [0, 0.05) is 5.70 Å². The molecule has 1 aliphatic heterocycles. The Labute approximate surface area is 122 Å². The Hall–Kier alpha value is -1.95. The quantitative estimate of drug-likeness (QED) is 0.661. The lowest BCUT2D eigenvalue weighted by Crippen LogP contribution is -2.45. The predicted molar refractivity (Wildman–Crippen MR) is 77.3 cm³/mol. The molecule has 0 aromatic heterocycles. The molecule has 106 valence electrons. The van der Waals surface area contributed by atoms with Gasteiger partial charge >= 0.3 is 5.97 Å². The summed E-state index contributed by atoms with van der Waals surface area (Å²) >= 11 is 5.11. The van der Waals surface area contributed by atoms with Crippen molar-refractivity contribution in [3.63, 3.8) is 0 Å². The van der Waals surface area contributed by atoms with Crippen LogP contribution in [0.5, 0.6) is 0 Å². The van der Waals surface area contributed by atoms with E-state index in [2.05, 4.69) is 10.6 Å². The molecular weight excluding hydrogens is 279 g/mol. The van der Waals surface area contributed by atoms with Crippen molar-refractivity contribution in [1.29, 1.82) is 0 Å². The van der Waals surface area contributed by atoms with Crippen LogP contribution in [0.15, 0.2) is 35.5 Å². The molecule has 0 radical (unpaired) electrons. The standard InChI is InChI=1S/C14H15FN2O2S/c1-3-19-13(18)11-8(2)16-14(20)17-12(11)9-4-6-10(15)7-5-9/h4-7,12H,3H2,1-2H3,(H2,16,17,20). The second kappa shape index (κ2) is 6.00. The largest absolute Gasteiger partial charge is 0.463 e. The number of allylic oxidation sites excluding steroid dienone is 1. The van der Waals surface area contributed by atoms with E-state index in [4.69, 9.17) is 17.0 Å². The van der Waals surface area contributed by atoms with Crippen molar-refractivity contribution >= 4 is 23.3 Å². The molecule has 20 heavy (non-hydrogen) atoms. The first-order valence-corrected chi connectivity index (χ1v) is 6.64. The van der Waals surface area contributed by atoms with Gasteiger partial charge in [-0.1, -0.05) is 12.1 Å². The molecule has 1 aliphatic rings. The van der Waals surface area contributed by atoms with E-state index >= 15 is 0 Å². The summed E-state index contributed by atoms with van der Waals surface area (Å²) in [7, 11) is 0. The highest BCUT2D eigenvalue weighted by Crippen LogP contribution is 2.27. The van der Waals surface area contributed by atoms with Crippen LogP contribution in [-0.2, 0) is 9.53 Å². The number of rotatable bonds is 3. The predicted octanol–water partition coefficient (Wildman–Crippen LogP) is 2.18. The molecule has 1 atom stereocenters. The van der Waals surface area contributed by atoms with Gasteiger partial charge in [0.1, 0.15) is 5.82 Å². The molecule has 0 fully saturated rings. The van der Waals surface area contributed by atoms with E-state index in [1.807, 2.05) is 0 Å². The molecule has 1 heterocycles. The molecule has 0 aliphatic carbocycles. The van der Waals surface area contributed by atoms with Gasteiger partial charge in [-0.2, -0.15) is 0 Å². The van der Waals surface area contributed by atoms with Crippen LogP contribution in [0.2, 0.25) is 0 Å². The monoisotopic (exact) mass is 294 g/mol. The Morgan fingerprint density at radius 2 is 2.05 bits per heavy atom. The Balaban J connectivity index is 2.41. The van der Waals surface area contributed by atoms with Crippen LogP contribution < -0.4 is 10.6 Å². The lowest BCUT2D eigenvalue weighted by atomic mass is 9.96. The zero-order chi connectivity index (χ0) is 14.7. The van der Waals surface area contributed by atoms with Crippen molar-refractivity contribution in [1.82, 2.24) is 10.6 Å². The average Bonchev–Trinajstić information content (AvgIpc) is 2.38. The van der Waals surface area contributed by atoms with Gasteiger partial charge in [-0.3, -0.25) is 0 Å². The number of thiocarbonyl (C=S) groups is 1. The molecule has 0 spiro atoms. The fourth-order valence-corrected chi connectivity index (χ4v) is 2.35. The number of nitrogens with one attached hydrogen (secondary N) is 2. The molecule has 2 rings (SSSR count). The van der Waals surface area contributed by atoms with Crippen molar-refractivity contribution in [2.75, 3.05) is 6.61 Å². The van der Waals surface area contributed by atoms with Crippen molar-refractivity contribution in [2.45, 2.75) is 19.9 Å². The number of carbonyl (C=O) groups excluding carboxylic acids is 1. The molecule has 0 saturated carbocycles. The van der Waals surface area contributed by atoms with Gasteiger partial charge in [0.15, 0.2) is 5.11 Å². The highest BCUT2D eigenvalue weighted by atomic mass is 32.1. The zero-order valence-corrected chi connectivity index (χ0v) is 12.0. The summed E-state index contributed by atoms with van der Waals surface area (Å²) in [5, 5.41) is 6.34. The summed E-state index contributed by atoms with van der Waals surface area (Å²) in [4.78, 5) is 12.1. The SMILES string of the molecule is CCOC(=O)C1=C(C)NC(=S)NC1c1ccc(F)cc1. The number of benzene rings is 1. The van der Waals surface area contributed by atoms with Crippen molar-refractivity contribution in [3.05, 3.63) is 46.9 Å². The van der Waals surface area contributed by atoms with E-state index in [1.54, 1.807) is 26.0 Å². The maximum Gasteiger partial charge on any atom is 0.338 e. The normalized spacial score (nSPS) is 18.4. The molecule has 2 N–H and O–H groups in total. The molecule has 4 nitrogen and oxygen atoms in total. The van der Waals surface area contributed by atoms with Gasteiger partial charge in [0.25, 0.3) is 0 Å². The van der Waals surface area contributed by atoms with E-state index in [9.17, 15) is 9.18 Å². The van der Waals surface area contributed by atoms with Crippen molar-refractivity contribution < 1.29 is 13.9 Å². The van der Waals surface area contributed by atoms with E-state index in [0.717, 1.165) is 5.56 Å². The van der Waals surface area contributed by atoms with Gasteiger partial charge in [-0.25, -0.2) is 9.18 Å². The molecule has 0 saturated heterocycles. The van der Waals surface area contributed by atoms with E-state index in [1.165, 1.54) is 12.1 Å². The number of halogens is 1. The van der Waals surface area contributed by atoms with Gasteiger partial charge in [0.2, 0.25) is 0 Å². The summed E-state index contributed by atoms with van der Waals surface area (Å²) in [6.07, 6.45) is 0. The topological polar surface area (TPSA) is 50.4 Å². The third-order valence-corrected chi connectivity index (χ3v) is 3.19. The number of hydrogen-bond donors (Lipinski definition) is 2. The lowest BCUT2D eigenvalue weighted by molar-refractivity contribution is -0.139. The molecular formula is C14H15FN2O2S. The average molecular weight is 294 g/mol. The van der Waals surface area contributed by atoms with Crippen LogP contribution in [0.4, 0.5) is 4.39 Å². The number of carbonyl (C=O) groups is 1. The third kappa shape index (κ3) is 2.96. The summed E-state index contributed by atoms with van der Waals surface area (Å²) in [5.74, 6) is -0.745. The maximum absolute atomic E-state index is 13.0. The van der Waals surface area contributed by atoms with E-state index in [0.29, 0.717) is 16.4 Å². The van der Waals surface area contributed by atoms with Crippen LogP contribution >= 0.6 is 12.2 Å². The molecule has 1 unspecified atom stereocenters. The van der Waals surface area contributed by atoms with Crippen LogP contribution in [0.1, 0.15) is 25.5 Å². The highest BCUT2D eigenvalue weighted by molar-refractivity contribution is 7.80. The minimum atomic E-state index is -0.441. The Morgan fingerprint density at radius 3 is 2.65 bits per heavy atom. The first kappa shape index (κ1) is 14.5. The first-order chi connectivity index (χ1) is 9.52. The number of ether oxygens (including phenoxy) is 1. The van der Waals surface area contributed by atoms with Gasteiger partial charge in [-0.15, -0.1) is 0 Å². The van der Waals surface area contributed by atoms with Gasteiger partial charge in [-0.05, 0) is 43.8 Å². The summed E-state index contributed by atoms with van der Waals surface area (Å²) in [5.41, 5.74) is 1.84. The van der Waals surface area contributed by atoms with Crippen LogP contribution in [0.3, 0.4) is 0 Å². The van der Waals surface area contributed by atoms with Gasteiger partial charge < -0.3 is 15.4 Å². The minimum Gasteiger partial charge on any atom is -0.463 e. The Bertz CT molecular complexity index is 569. The van der Waals surface area contributed by atoms with Crippen molar-refractivity contribution in [3.8, 4) is 0 Å². The maximum atomic E-state index is 13.0. The fourth-order valence-electron chi connectivity index (χ4n) is 2.08. The molecule has 0 bridgehead atoms. The second-order valence-electron chi connectivity index (χ2n) is 4.34. The third-order valence-electron chi connectivity index (χ3n) is 2.97. The van der Waals surface area contributed by atoms with Crippen LogP contribution in [-0.4, -0.2) is 17.7 Å². The molecule has 0 amide bonds. The lowest BCUT2D eigenvalue weighted by Gasteiger charge is -2.29.